The molecule has 19 heavy (non-hydrogen) atoms. The molecular weight excluding hydrogens is 274 g/mol. The lowest BCUT2D eigenvalue weighted by atomic mass is 10.2. The molecule has 1 aromatic carbocycles. The molecule has 1 heterocycles. The van der Waals surface area contributed by atoms with E-state index in [1.165, 1.54) is 29.3 Å². The van der Waals surface area contributed by atoms with Gasteiger partial charge in [0.05, 0.1) is 16.4 Å². The second-order valence-electron chi connectivity index (χ2n) is 3.74. The van der Waals surface area contributed by atoms with E-state index < -0.39 is 9.85 Å². The first-order valence-electron chi connectivity index (χ1n) is 5.22. The van der Waals surface area contributed by atoms with E-state index in [2.05, 4.69) is 0 Å². The summed E-state index contributed by atoms with van der Waals surface area (Å²) in [5.41, 5.74) is -0.726. The quantitative estimate of drug-likeness (QED) is 0.627. The maximum Gasteiger partial charge on any atom is 0.300 e. The fourth-order valence-corrected chi connectivity index (χ4v) is 1.98. The molecule has 98 valence electrons. The van der Waals surface area contributed by atoms with Crippen LogP contribution in [0.1, 0.15) is 0 Å². The Kier molecular flexibility index (Phi) is 3.48. The Morgan fingerprint density at radius 1 is 1.16 bits per heavy atom. The monoisotopic (exact) mass is 281 g/mol. The highest BCUT2D eigenvalue weighted by molar-refractivity contribution is 6.30. The molecule has 7 nitrogen and oxygen atoms in total. The number of para-hydroxylation sites is 1. The van der Waals surface area contributed by atoms with Crippen molar-refractivity contribution in [3.05, 3.63) is 61.8 Å². The minimum absolute atomic E-state index is 0.0694. The van der Waals surface area contributed by atoms with Gasteiger partial charge < -0.3 is 4.90 Å². The summed E-state index contributed by atoms with van der Waals surface area (Å²) in [6, 6.07) is 3.73. The lowest BCUT2D eigenvalue weighted by Crippen LogP contribution is -2.21. The number of hydrogen-bond acceptors (Lipinski definition) is 5. The van der Waals surface area contributed by atoms with E-state index in [9.17, 15) is 20.2 Å². The largest absolute Gasteiger partial charge is 0.331 e. The van der Waals surface area contributed by atoms with Crippen molar-refractivity contribution in [3.63, 3.8) is 0 Å². The topological polar surface area (TPSA) is 89.5 Å². The third-order valence-electron chi connectivity index (χ3n) is 2.54. The molecule has 8 heteroatoms. The van der Waals surface area contributed by atoms with Gasteiger partial charge in [0.2, 0.25) is 0 Å². The molecule has 2 rings (SSSR count). The average molecular weight is 282 g/mol. The van der Waals surface area contributed by atoms with Gasteiger partial charge in [0.15, 0.2) is 5.69 Å². The zero-order chi connectivity index (χ0) is 14.0. The number of allylic oxidation sites excluding steroid dienone is 2. The number of rotatable bonds is 3. The molecule has 0 fully saturated rings. The second kappa shape index (κ2) is 5.07. The van der Waals surface area contributed by atoms with E-state index in [0.717, 1.165) is 0 Å². The summed E-state index contributed by atoms with van der Waals surface area (Å²) in [6.07, 6.45) is 4.71. The van der Waals surface area contributed by atoms with Gasteiger partial charge in [-0.05, 0) is 18.2 Å². The van der Waals surface area contributed by atoms with Crippen LogP contribution in [0.2, 0.25) is 0 Å². The van der Waals surface area contributed by atoms with Gasteiger partial charge in [-0.3, -0.25) is 20.2 Å². The number of anilines is 1. The Bertz CT molecular complexity index is 580. The van der Waals surface area contributed by atoms with Crippen molar-refractivity contribution < 1.29 is 9.85 Å². The Balaban J connectivity index is 2.59. The van der Waals surface area contributed by atoms with Crippen LogP contribution in [0, 0.1) is 20.2 Å². The first-order valence-corrected chi connectivity index (χ1v) is 5.60. The first-order chi connectivity index (χ1) is 9.00. The third kappa shape index (κ3) is 2.55. The third-order valence-corrected chi connectivity index (χ3v) is 2.78. The van der Waals surface area contributed by atoms with E-state index >= 15 is 0 Å². The molecule has 0 aliphatic carbocycles. The van der Waals surface area contributed by atoms with Crippen LogP contribution in [-0.2, 0) is 0 Å². The Hall–Kier alpha value is -2.41. The standard InChI is InChI=1S/C11H8ClN3O4/c12-8-3-2-6-13(7-8)11-9(14(16)17)4-1-5-10(11)15(18)19/h1-6H,7H2. The SMILES string of the molecule is O=[N+]([O-])c1cccc([N+](=O)[O-])c1N1C=CC=C(Cl)C1. The van der Waals surface area contributed by atoms with Crippen molar-refractivity contribution in [2.75, 3.05) is 11.4 Å². The van der Waals surface area contributed by atoms with Gasteiger partial charge in [-0.2, -0.15) is 0 Å². The van der Waals surface area contributed by atoms with Crippen LogP contribution in [0.3, 0.4) is 0 Å². The number of benzene rings is 1. The molecular formula is C11H8ClN3O4. The molecule has 1 aliphatic heterocycles. The van der Waals surface area contributed by atoms with Gasteiger partial charge in [0.25, 0.3) is 11.4 Å². The van der Waals surface area contributed by atoms with Crippen molar-refractivity contribution in [2.45, 2.75) is 0 Å². The van der Waals surface area contributed by atoms with Crippen LogP contribution in [0.25, 0.3) is 0 Å². The number of nitro benzene ring substituents is 2. The Morgan fingerprint density at radius 3 is 2.21 bits per heavy atom. The van der Waals surface area contributed by atoms with Gasteiger partial charge in [0, 0.05) is 23.4 Å². The molecule has 1 aromatic rings. The zero-order valence-corrected chi connectivity index (χ0v) is 10.3. The highest BCUT2D eigenvalue weighted by atomic mass is 35.5. The summed E-state index contributed by atoms with van der Waals surface area (Å²) in [5, 5.41) is 22.5. The van der Waals surface area contributed by atoms with Gasteiger partial charge in [0.1, 0.15) is 0 Å². The highest BCUT2D eigenvalue weighted by Crippen LogP contribution is 2.38. The molecule has 0 aromatic heterocycles. The van der Waals surface area contributed by atoms with Crippen molar-refractivity contribution in [2.24, 2.45) is 0 Å². The maximum absolute atomic E-state index is 11.0. The molecule has 0 amide bonds. The molecule has 0 spiro atoms. The van der Waals surface area contributed by atoms with Gasteiger partial charge >= 0.3 is 0 Å². The molecule has 0 bridgehead atoms. The first kappa shape index (κ1) is 13.0. The van der Waals surface area contributed by atoms with E-state index in [1.807, 2.05) is 0 Å². The summed E-state index contributed by atoms with van der Waals surface area (Å²) in [5.74, 6) is 0. The van der Waals surface area contributed by atoms with Crippen molar-refractivity contribution in [1.29, 1.82) is 0 Å². The van der Waals surface area contributed by atoms with Gasteiger partial charge in [-0.15, -0.1) is 0 Å². The van der Waals surface area contributed by atoms with Crippen LogP contribution < -0.4 is 4.90 Å². The number of halogens is 1. The van der Waals surface area contributed by atoms with E-state index in [4.69, 9.17) is 11.6 Å². The van der Waals surface area contributed by atoms with E-state index in [0.29, 0.717) is 5.03 Å². The summed E-state index contributed by atoms with van der Waals surface area (Å²) in [6.45, 7) is 0.156. The molecule has 0 atom stereocenters. The fraction of sp³-hybridized carbons (Fsp3) is 0.0909. The molecule has 0 radical (unpaired) electrons. The van der Waals surface area contributed by atoms with Gasteiger partial charge in [-0.1, -0.05) is 11.6 Å². The number of nitrogens with zero attached hydrogens (tertiary/aromatic N) is 3. The molecule has 0 N–H and O–H groups in total. The Labute approximate surface area is 112 Å². The van der Waals surface area contributed by atoms with Crippen molar-refractivity contribution in [1.82, 2.24) is 0 Å². The van der Waals surface area contributed by atoms with Crippen molar-refractivity contribution in [3.8, 4) is 0 Å². The number of hydrogen-bond donors (Lipinski definition) is 0. The van der Waals surface area contributed by atoms with E-state index in [-0.39, 0.29) is 23.6 Å². The highest BCUT2D eigenvalue weighted by Gasteiger charge is 2.29. The summed E-state index contributed by atoms with van der Waals surface area (Å²) in [4.78, 5) is 22.1. The van der Waals surface area contributed by atoms with E-state index in [1.54, 1.807) is 12.2 Å². The van der Waals surface area contributed by atoms with Crippen LogP contribution in [0.15, 0.2) is 41.6 Å². The predicted octanol–water partition coefficient (Wildman–Crippen LogP) is 2.96. The van der Waals surface area contributed by atoms with Crippen LogP contribution in [0.4, 0.5) is 17.1 Å². The molecule has 0 saturated carbocycles. The second-order valence-corrected chi connectivity index (χ2v) is 4.23. The zero-order valence-electron chi connectivity index (χ0n) is 9.52. The van der Waals surface area contributed by atoms with Crippen LogP contribution >= 0.6 is 11.6 Å². The molecule has 1 aliphatic rings. The fourth-order valence-electron chi connectivity index (χ4n) is 1.78. The van der Waals surface area contributed by atoms with Crippen LogP contribution in [0.5, 0.6) is 0 Å². The van der Waals surface area contributed by atoms with Crippen LogP contribution in [-0.4, -0.2) is 16.4 Å². The molecule has 0 unspecified atom stereocenters. The summed E-state index contributed by atoms with van der Waals surface area (Å²) >= 11 is 5.85. The minimum atomic E-state index is -0.650. The Morgan fingerprint density at radius 2 is 1.74 bits per heavy atom. The average Bonchev–Trinajstić information content (AvgIpc) is 2.37. The molecule has 0 saturated heterocycles. The lowest BCUT2D eigenvalue weighted by molar-refractivity contribution is -0.392. The summed E-state index contributed by atoms with van der Waals surface area (Å²) in [7, 11) is 0. The lowest BCUT2D eigenvalue weighted by Gasteiger charge is -2.21. The number of nitro groups is 2. The smallest absolute Gasteiger partial charge is 0.300 e. The predicted molar refractivity (Wildman–Crippen MR) is 70.2 cm³/mol. The van der Waals surface area contributed by atoms with Crippen molar-refractivity contribution >= 4 is 28.7 Å². The maximum atomic E-state index is 11.0. The van der Waals surface area contributed by atoms with Gasteiger partial charge in [-0.25, -0.2) is 0 Å². The minimum Gasteiger partial charge on any atom is -0.331 e. The normalized spacial score (nSPS) is 14.2. The summed E-state index contributed by atoms with van der Waals surface area (Å²) < 4.78 is 0.